The van der Waals surface area contributed by atoms with Crippen molar-refractivity contribution in [1.29, 1.82) is 0 Å². The molecule has 0 radical (unpaired) electrons. The summed E-state index contributed by atoms with van der Waals surface area (Å²) in [4.78, 5) is 26.1. The number of carboxylic acid groups (broad SMARTS) is 1. The fourth-order valence-electron chi connectivity index (χ4n) is 2.54. The molecule has 0 aromatic carbocycles. The summed E-state index contributed by atoms with van der Waals surface area (Å²) in [5.74, 6) is -1.07. The van der Waals surface area contributed by atoms with Crippen LogP contribution in [0.5, 0.6) is 0 Å². The van der Waals surface area contributed by atoms with Gasteiger partial charge in [-0.1, -0.05) is 0 Å². The third kappa shape index (κ3) is 2.41. The number of β-amino-alcohol motifs (C(OH)–C–C–N with tert-alkyl or cyclic N) is 1. The normalized spacial score (nSPS) is 32.0. The monoisotopic (exact) mass is 258 g/mol. The number of urea groups is 1. The van der Waals surface area contributed by atoms with Gasteiger partial charge in [0.05, 0.1) is 12.2 Å². The number of aliphatic hydroxyl groups excluding tert-OH is 1. The molecule has 2 aliphatic rings. The molecule has 2 aliphatic heterocycles. The minimum absolute atomic E-state index is 0.0183. The Morgan fingerprint density at radius 2 is 2.06 bits per heavy atom. The summed E-state index contributed by atoms with van der Waals surface area (Å²) in [5.41, 5.74) is 0. The van der Waals surface area contributed by atoms with Crippen molar-refractivity contribution in [2.24, 2.45) is 0 Å². The van der Waals surface area contributed by atoms with Crippen molar-refractivity contribution in [2.45, 2.75) is 31.1 Å². The predicted molar refractivity (Wildman–Crippen MR) is 61.1 cm³/mol. The number of aliphatic hydroxyl groups is 1. The van der Waals surface area contributed by atoms with E-state index in [0.717, 1.165) is 6.42 Å². The molecule has 18 heavy (non-hydrogen) atoms. The minimum Gasteiger partial charge on any atom is -0.480 e. The Balaban J connectivity index is 2.02. The largest absolute Gasteiger partial charge is 0.480 e. The van der Waals surface area contributed by atoms with Gasteiger partial charge in [-0.2, -0.15) is 0 Å². The molecule has 1 unspecified atom stereocenters. The Morgan fingerprint density at radius 3 is 2.61 bits per heavy atom. The van der Waals surface area contributed by atoms with E-state index in [4.69, 9.17) is 9.84 Å². The van der Waals surface area contributed by atoms with Gasteiger partial charge >= 0.3 is 12.0 Å². The zero-order valence-electron chi connectivity index (χ0n) is 10.3. The number of aliphatic carboxylic acids is 1. The molecule has 0 saturated carbocycles. The molecule has 0 bridgehead atoms. The van der Waals surface area contributed by atoms with Gasteiger partial charge in [0.1, 0.15) is 6.04 Å². The number of amides is 2. The summed E-state index contributed by atoms with van der Waals surface area (Å²) in [7, 11) is 1.60. The van der Waals surface area contributed by atoms with Crippen LogP contribution in [0.1, 0.15) is 12.8 Å². The van der Waals surface area contributed by atoms with E-state index in [2.05, 4.69) is 0 Å². The second-order valence-corrected chi connectivity index (χ2v) is 4.77. The third-order valence-corrected chi connectivity index (χ3v) is 3.56. The number of hydrogen-bond acceptors (Lipinski definition) is 4. The van der Waals surface area contributed by atoms with Gasteiger partial charge in [0.25, 0.3) is 0 Å². The first kappa shape index (κ1) is 13.1. The van der Waals surface area contributed by atoms with Gasteiger partial charge in [-0.05, 0) is 6.42 Å². The number of nitrogens with zero attached hydrogens (tertiary/aromatic N) is 2. The van der Waals surface area contributed by atoms with Crippen molar-refractivity contribution in [1.82, 2.24) is 9.80 Å². The number of hydrogen-bond donors (Lipinski definition) is 2. The summed E-state index contributed by atoms with van der Waals surface area (Å²) < 4.78 is 5.17. The molecule has 0 aromatic rings. The molecular weight excluding hydrogens is 240 g/mol. The standard InChI is InChI=1S/C11H18N2O5/c1-18-8-2-3-12(6-8)11(17)13-5-7(14)4-9(13)10(15)16/h7-9,14H,2-6H2,1H3,(H,15,16)/t7-,8?,9+/m1/s1. The lowest BCUT2D eigenvalue weighted by Crippen LogP contribution is -2.47. The molecule has 7 heteroatoms. The van der Waals surface area contributed by atoms with E-state index >= 15 is 0 Å². The highest BCUT2D eigenvalue weighted by Gasteiger charge is 2.41. The zero-order chi connectivity index (χ0) is 13.3. The molecule has 2 amide bonds. The lowest BCUT2D eigenvalue weighted by Gasteiger charge is -2.27. The molecule has 102 valence electrons. The van der Waals surface area contributed by atoms with Crippen LogP contribution < -0.4 is 0 Å². The fraction of sp³-hybridized carbons (Fsp3) is 0.818. The highest BCUT2D eigenvalue weighted by Crippen LogP contribution is 2.22. The number of carboxylic acids is 1. The summed E-state index contributed by atoms with van der Waals surface area (Å²) in [6.45, 7) is 1.13. The topological polar surface area (TPSA) is 90.3 Å². The van der Waals surface area contributed by atoms with Crippen LogP contribution in [0.2, 0.25) is 0 Å². The van der Waals surface area contributed by atoms with Gasteiger partial charge in [0, 0.05) is 33.2 Å². The second-order valence-electron chi connectivity index (χ2n) is 4.77. The highest BCUT2D eigenvalue weighted by molar-refractivity contribution is 5.83. The van der Waals surface area contributed by atoms with Crippen LogP contribution in [0.15, 0.2) is 0 Å². The third-order valence-electron chi connectivity index (χ3n) is 3.56. The molecular formula is C11H18N2O5. The van der Waals surface area contributed by atoms with Gasteiger partial charge in [0.15, 0.2) is 0 Å². The minimum atomic E-state index is -1.07. The number of carbonyl (C=O) groups excluding carboxylic acids is 1. The van der Waals surface area contributed by atoms with Crippen molar-refractivity contribution in [2.75, 3.05) is 26.7 Å². The van der Waals surface area contributed by atoms with Gasteiger partial charge in [0.2, 0.25) is 0 Å². The first-order valence-corrected chi connectivity index (χ1v) is 6.02. The summed E-state index contributed by atoms with van der Waals surface area (Å²) in [6, 6.07) is -1.24. The van der Waals surface area contributed by atoms with Gasteiger partial charge < -0.3 is 24.7 Å². The molecule has 2 heterocycles. The van der Waals surface area contributed by atoms with E-state index in [1.165, 1.54) is 4.90 Å². The first-order chi connectivity index (χ1) is 8.52. The molecule has 2 fully saturated rings. The number of carbonyl (C=O) groups is 2. The van der Waals surface area contributed by atoms with E-state index in [9.17, 15) is 14.7 Å². The van der Waals surface area contributed by atoms with E-state index in [1.807, 2.05) is 0 Å². The summed E-state index contributed by atoms with van der Waals surface area (Å²) in [5, 5.41) is 18.6. The molecule has 0 spiro atoms. The van der Waals surface area contributed by atoms with Crippen molar-refractivity contribution >= 4 is 12.0 Å². The summed E-state index contributed by atoms with van der Waals surface area (Å²) in [6.07, 6.45) is 0.125. The number of rotatable bonds is 2. The van der Waals surface area contributed by atoms with Crippen LogP contribution in [0.25, 0.3) is 0 Å². The second kappa shape index (κ2) is 5.11. The maximum Gasteiger partial charge on any atom is 0.326 e. The van der Waals surface area contributed by atoms with Crippen molar-refractivity contribution in [3.05, 3.63) is 0 Å². The maximum absolute atomic E-state index is 12.2. The quantitative estimate of drug-likeness (QED) is 0.686. The smallest absolute Gasteiger partial charge is 0.326 e. The molecule has 0 aliphatic carbocycles. The zero-order valence-corrected chi connectivity index (χ0v) is 10.3. The summed E-state index contributed by atoms with van der Waals surface area (Å²) >= 11 is 0. The van der Waals surface area contributed by atoms with Crippen molar-refractivity contribution < 1.29 is 24.5 Å². The average molecular weight is 258 g/mol. The van der Waals surface area contributed by atoms with Crippen LogP contribution in [0, 0.1) is 0 Å². The van der Waals surface area contributed by atoms with Crippen LogP contribution >= 0.6 is 0 Å². The Morgan fingerprint density at radius 1 is 1.33 bits per heavy atom. The van der Waals surface area contributed by atoms with Crippen LogP contribution in [-0.2, 0) is 9.53 Å². The number of likely N-dealkylation sites (tertiary alicyclic amines) is 2. The molecule has 3 atom stereocenters. The lowest BCUT2D eigenvalue weighted by atomic mass is 10.2. The van der Waals surface area contributed by atoms with E-state index in [-0.39, 0.29) is 25.1 Å². The molecule has 2 rings (SSSR count). The molecule has 2 N–H and O–H groups in total. The Bertz CT molecular complexity index is 348. The van der Waals surface area contributed by atoms with E-state index in [1.54, 1.807) is 12.0 Å². The fourth-order valence-corrected chi connectivity index (χ4v) is 2.54. The van der Waals surface area contributed by atoms with E-state index < -0.39 is 18.1 Å². The SMILES string of the molecule is COC1CCN(C(=O)N2C[C@H](O)C[C@H]2C(=O)O)C1. The molecule has 0 aromatic heterocycles. The predicted octanol–water partition coefficient (Wildman–Crippen LogP) is -0.653. The van der Waals surface area contributed by atoms with Gasteiger partial charge in [-0.15, -0.1) is 0 Å². The van der Waals surface area contributed by atoms with Crippen LogP contribution in [0.3, 0.4) is 0 Å². The van der Waals surface area contributed by atoms with Gasteiger partial charge in [-0.25, -0.2) is 9.59 Å². The first-order valence-electron chi connectivity index (χ1n) is 6.02. The number of methoxy groups -OCH3 is 1. The molecule has 7 nitrogen and oxygen atoms in total. The Labute approximate surface area is 105 Å². The average Bonchev–Trinajstić information content (AvgIpc) is 2.94. The van der Waals surface area contributed by atoms with E-state index in [0.29, 0.717) is 13.1 Å². The van der Waals surface area contributed by atoms with Crippen molar-refractivity contribution in [3.8, 4) is 0 Å². The maximum atomic E-state index is 12.2. The highest BCUT2D eigenvalue weighted by atomic mass is 16.5. The van der Waals surface area contributed by atoms with Crippen molar-refractivity contribution in [3.63, 3.8) is 0 Å². The Kier molecular flexibility index (Phi) is 3.72. The Hall–Kier alpha value is -1.34. The van der Waals surface area contributed by atoms with Crippen LogP contribution in [-0.4, -0.2) is 77.0 Å². The van der Waals surface area contributed by atoms with Gasteiger partial charge in [-0.3, -0.25) is 0 Å². The van der Waals surface area contributed by atoms with Crippen LogP contribution in [0.4, 0.5) is 4.79 Å². The molecule has 2 saturated heterocycles. The number of ether oxygens (including phenoxy) is 1. The lowest BCUT2D eigenvalue weighted by molar-refractivity contribution is -0.141.